The van der Waals surface area contributed by atoms with Crippen LogP contribution in [0.15, 0.2) is 18.2 Å². The number of hydrogen-bond acceptors (Lipinski definition) is 0. The molecule has 0 heteroatoms. The Balaban J connectivity index is 2.50. The highest BCUT2D eigenvalue weighted by Crippen LogP contribution is 2.16. The van der Waals surface area contributed by atoms with E-state index in [1.54, 1.807) is 11.1 Å². The van der Waals surface area contributed by atoms with Gasteiger partial charge in [0.25, 0.3) is 0 Å². The number of aryl methyl sites for hydroxylation is 3. The van der Waals surface area contributed by atoms with Crippen molar-refractivity contribution in [2.75, 3.05) is 0 Å². The predicted molar refractivity (Wildman–Crippen MR) is 82.3 cm³/mol. The van der Waals surface area contributed by atoms with E-state index in [0.717, 1.165) is 0 Å². The van der Waals surface area contributed by atoms with E-state index < -0.39 is 0 Å². The third-order valence-electron chi connectivity index (χ3n) is 3.63. The molecule has 0 spiro atoms. The van der Waals surface area contributed by atoms with E-state index in [-0.39, 0.29) is 0 Å². The molecule has 0 saturated carbocycles. The van der Waals surface area contributed by atoms with Gasteiger partial charge in [-0.15, -0.1) is 0 Å². The van der Waals surface area contributed by atoms with Gasteiger partial charge in [0.05, 0.1) is 0 Å². The molecule has 0 saturated heterocycles. The molecule has 0 N–H and O–H groups in total. The molecule has 1 rings (SSSR count). The lowest BCUT2D eigenvalue weighted by molar-refractivity contribution is 0.632. The summed E-state index contributed by atoms with van der Waals surface area (Å²) >= 11 is 0. The van der Waals surface area contributed by atoms with E-state index in [2.05, 4.69) is 39.0 Å². The Hall–Kier alpha value is -0.780. The van der Waals surface area contributed by atoms with Crippen LogP contribution in [0.1, 0.15) is 76.0 Å². The molecular weight excluding hydrogens is 216 g/mol. The van der Waals surface area contributed by atoms with Crippen molar-refractivity contribution in [2.45, 2.75) is 78.6 Å². The summed E-state index contributed by atoms with van der Waals surface area (Å²) in [6, 6.07) is 7.24. The van der Waals surface area contributed by atoms with Crippen LogP contribution in [-0.4, -0.2) is 0 Å². The van der Waals surface area contributed by atoms with E-state index in [1.165, 1.54) is 63.4 Å². The number of benzene rings is 1. The molecule has 0 aliphatic heterocycles. The summed E-state index contributed by atoms with van der Waals surface area (Å²) in [6.07, 6.45) is 11.8. The Morgan fingerprint density at radius 3 is 1.83 bits per heavy atom. The number of rotatable bonds is 9. The summed E-state index contributed by atoms with van der Waals surface area (Å²) < 4.78 is 0. The first kappa shape index (κ1) is 15.3. The normalized spacial score (nSPS) is 10.8. The first-order chi connectivity index (χ1) is 8.80. The summed E-state index contributed by atoms with van der Waals surface area (Å²) in [4.78, 5) is 0. The van der Waals surface area contributed by atoms with Crippen LogP contribution in [-0.2, 0) is 19.3 Å². The maximum Gasteiger partial charge on any atom is -0.0279 e. The zero-order valence-electron chi connectivity index (χ0n) is 12.6. The highest BCUT2D eigenvalue weighted by Gasteiger charge is 2.00. The molecule has 1 aromatic rings. The van der Waals surface area contributed by atoms with Gasteiger partial charge in [-0.2, -0.15) is 0 Å². The van der Waals surface area contributed by atoms with E-state index >= 15 is 0 Å². The summed E-state index contributed by atoms with van der Waals surface area (Å²) in [5, 5.41) is 0. The molecule has 1 aromatic carbocycles. The van der Waals surface area contributed by atoms with Crippen LogP contribution >= 0.6 is 0 Å². The maximum atomic E-state index is 2.43. The minimum absolute atomic E-state index is 1.17. The molecule has 18 heavy (non-hydrogen) atoms. The maximum absolute atomic E-state index is 2.43. The topological polar surface area (TPSA) is 0 Å². The quantitative estimate of drug-likeness (QED) is 0.489. The second kappa shape index (κ2) is 9.19. The molecule has 0 aromatic heterocycles. The van der Waals surface area contributed by atoms with Crippen molar-refractivity contribution in [1.29, 1.82) is 0 Å². The predicted octanol–water partition coefficient (Wildman–Crippen LogP) is 5.71. The number of hydrogen-bond donors (Lipinski definition) is 0. The Kier molecular flexibility index (Phi) is 7.80. The zero-order valence-corrected chi connectivity index (χ0v) is 12.6. The molecule has 0 atom stereocenters. The molecule has 0 aliphatic carbocycles. The van der Waals surface area contributed by atoms with Crippen LogP contribution in [0.25, 0.3) is 0 Å². The minimum Gasteiger partial charge on any atom is -0.0654 e. The van der Waals surface area contributed by atoms with Gasteiger partial charge in [-0.05, 0) is 42.4 Å². The van der Waals surface area contributed by atoms with E-state index in [1.807, 2.05) is 0 Å². The fourth-order valence-electron chi connectivity index (χ4n) is 2.55. The Labute approximate surface area is 114 Å². The van der Waals surface area contributed by atoms with Crippen LogP contribution in [0.3, 0.4) is 0 Å². The van der Waals surface area contributed by atoms with Gasteiger partial charge in [0, 0.05) is 0 Å². The Morgan fingerprint density at radius 2 is 1.22 bits per heavy atom. The lowest BCUT2D eigenvalue weighted by Gasteiger charge is -2.08. The molecule has 0 fully saturated rings. The summed E-state index contributed by atoms with van der Waals surface area (Å²) in [7, 11) is 0. The average molecular weight is 246 g/mol. The van der Waals surface area contributed by atoms with Gasteiger partial charge >= 0.3 is 0 Å². The van der Waals surface area contributed by atoms with Crippen molar-refractivity contribution in [1.82, 2.24) is 0 Å². The second-order valence-electron chi connectivity index (χ2n) is 5.43. The molecular formula is C18H30. The summed E-state index contributed by atoms with van der Waals surface area (Å²) in [5.74, 6) is 0. The molecule has 0 radical (unpaired) electrons. The summed E-state index contributed by atoms with van der Waals surface area (Å²) in [6.45, 7) is 6.81. The fourth-order valence-corrected chi connectivity index (χ4v) is 2.55. The standard InChI is InChI=1S/C18H30/c1-4-7-8-9-10-12-18-14-16(6-3)13-17(15-18)11-5-2/h13-15H,4-12H2,1-3H3. The minimum atomic E-state index is 1.17. The molecule has 0 heterocycles. The molecule has 0 amide bonds. The monoisotopic (exact) mass is 246 g/mol. The first-order valence-electron chi connectivity index (χ1n) is 7.91. The van der Waals surface area contributed by atoms with Gasteiger partial charge < -0.3 is 0 Å². The lowest BCUT2D eigenvalue weighted by Crippen LogP contribution is -1.93. The summed E-state index contributed by atoms with van der Waals surface area (Å²) in [5.41, 5.74) is 4.62. The van der Waals surface area contributed by atoms with E-state index in [9.17, 15) is 0 Å². The zero-order chi connectivity index (χ0) is 13.2. The van der Waals surface area contributed by atoms with Gasteiger partial charge in [-0.3, -0.25) is 0 Å². The largest absolute Gasteiger partial charge is 0.0654 e. The van der Waals surface area contributed by atoms with Gasteiger partial charge in [0.15, 0.2) is 0 Å². The average Bonchev–Trinajstić information content (AvgIpc) is 2.38. The first-order valence-corrected chi connectivity index (χ1v) is 7.91. The third-order valence-corrected chi connectivity index (χ3v) is 3.63. The van der Waals surface area contributed by atoms with E-state index in [4.69, 9.17) is 0 Å². The molecule has 0 unspecified atom stereocenters. The van der Waals surface area contributed by atoms with Crippen LogP contribution in [0, 0.1) is 0 Å². The second-order valence-corrected chi connectivity index (χ2v) is 5.43. The smallest absolute Gasteiger partial charge is 0.0279 e. The van der Waals surface area contributed by atoms with Crippen LogP contribution in [0.5, 0.6) is 0 Å². The van der Waals surface area contributed by atoms with Crippen molar-refractivity contribution >= 4 is 0 Å². The molecule has 0 nitrogen and oxygen atoms in total. The van der Waals surface area contributed by atoms with Gasteiger partial charge in [-0.1, -0.05) is 71.1 Å². The van der Waals surface area contributed by atoms with Crippen molar-refractivity contribution in [3.63, 3.8) is 0 Å². The van der Waals surface area contributed by atoms with E-state index in [0.29, 0.717) is 0 Å². The van der Waals surface area contributed by atoms with Gasteiger partial charge in [0.1, 0.15) is 0 Å². The SMILES string of the molecule is CCCCCCCc1cc(CC)cc(CCC)c1. The van der Waals surface area contributed by atoms with Gasteiger partial charge in [0.2, 0.25) is 0 Å². The van der Waals surface area contributed by atoms with Crippen molar-refractivity contribution in [3.05, 3.63) is 34.9 Å². The molecule has 0 bridgehead atoms. The number of unbranched alkanes of at least 4 members (excludes halogenated alkanes) is 4. The Bertz CT molecular complexity index is 325. The molecule has 0 aliphatic rings. The molecule has 102 valence electrons. The fraction of sp³-hybridized carbons (Fsp3) is 0.667. The highest BCUT2D eigenvalue weighted by molar-refractivity contribution is 5.30. The van der Waals surface area contributed by atoms with Gasteiger partial charge in [-0.25, -0.2) is 0 Å². The van der Waals surface area contributed by atoms with Crippen LogP contribution in [0.4, 0.5) is 0 Å². The van der Waals surface area contributed by atoms with Crippen molar-refractivity contribution < 1.29 is 0 Å². The third kappa shape index (κ3) is 5.71. The van der Waals surface area contributed by atoms with Crippen LogP contribution < -0.4 is 0 Å². The van der Waals surface area contributed by atoms with Crippen molar-refractivity contribution in [2.24, 2.45) is 0 Å². The lowest BCUT2D eigenvalue weighted by atomic mass is 9.98. The van der Waals surface area contributed by atoms with Crippen LogP contribution in [0.2, 0.25) is 0 Å². The van der Waals surface area contributed by atoms with Crippen molar-refractivity contribution in [3.8, 4) is 0 Å². The Morgan fingerprint density at radius 1 is 0.611 bits per heavy atom. The highest BCUT2D eigenvalue weighted by atomic mass is 14.1.